The normalized spacial score (nSPS) is 13.2. The van der Waals surface area contributed by atoms with Crippen LogP contribution in [0.1, 0.15) is 44.2 Å². The van der Waals surface area contributed by atoms with Crippen molar-refractivity contribution in [3.05, 3.63) is 29.3 Å². The van der Waals surface area contributed by atoms with Crippen LogP contribution in [0.5, 0.6) is 0 Å². The number of rotatable bonds is 16. The first-order valence-electron chi connectivity index (χ1n) is 11.4. The molecule has 14 heteroatoms. The third kappa shape index (κ3) is 13.9. The molecule has 1 aromatic carbocycles. The second-order valence-electron chi connectivity index (χ2n) is 9.39. The summed E-state index contributed by atoms with van der Waals surface area (Å²) in [5.74, 6) is -0.702. The molecule has 0 aliphatic carbocycles. The number of nitrogens with zero attached hydrogens (tertiary/aromatic N) is 1. The van der Waals surface area contributed by atoms with Gasteiger partial charge in [-0.25, -0.2) is 0 Å². The topological polar surface area (TPSA) is 145 Å². The van der Waals surface area contributed by atoms with Crippen molar-refractivity contribution in [2.24, 2.45) is 0 Å². The first kappa shape index (κ1) is 32.0. The van der Waals surface area contributed by atoms with Crippen LogP contribution in [0.15, 0.2) is 18.2 Å². The average molecular weight is 548 g/mol. The monoisotopic (exact) mass is 548 g/mol. The maximum Gasteiger partial charge on any atom is 0.306 e. The smallest absolute Gasteiger partial charge is 0.306 e. The molecule has 0 saturated heterocycles. The van der Waals surface area contributed by atoms with Gasteiger partial charge in [-0.2, -0.15) is 16.8 Å². The number of nitrogens with one attached hydrogen (secondary N) is 1. The van der Waals surface area contributed by atoms with Crippen molar-refractivity contribution in [2.75, 3.05) is 50.3 Å². The number of aryl methyl sites for hydroxylation is 1. The van der Waals surface area contributed by atoms with Crippen LogP contribution in [0.25, 0.3) is 0 Å². The number of esters is 1. The Morgan fingerprint density at radius 2 is 1.64 bits per heavy atom. The molecule has 0 spiro atoms. The standard InChI is InChI=1S/C22H37BN2O9S2/c1-17-7-8-19(25(9-11-32-35(5,28)29)10-12-33-36(6,30)31)14-20(17)18(15-24-23-16-26)13-21(27)34-22(2,3)4/h7-8,14,16,18,23-24H,9-13,15H2,1-6H3. The van der Waals surface area contributed by atoms with E-state index >= 15 is 0 Å². The molecule has 1 atom stereocenters. The molecule has 1 N–H and O–H groups in total. The van der Waals surface area contributed by atoms with Gasteiger partial charge in [0, 0.05) is 24.7 Å². The molecule has 0 aliphatic rings. The molecule has 0 fully saturated rings. The first-order valence-corrected chi connectivity index (χ1v) is 15.0. The molecule has 0 radical (unpaired) electrons. The summed E-state index contributed by atoms with van der Waals surface area (Å²) in [5.41, 5.74) is 1.74. The van der Waals surface area contributed by atoms with E-state index in [2.05, 4.69) is 5.23 Å². The number of ether oxygens (including phenoxy) is 1. The molecular weight excluding hydrogens is 511 g/mol. The molecule has 0 bridgehead atoms. The van der Waals surface area contributed by atoms with Crippen molar-refractivity contribution in [1.29, 1.82) is 0 Å². The van der Waals surface area contributed by atoms with Gasteiger partial charge in [-0.3, -0.25) is 13.2 Å². The zero-order valence-electron chi connectivity index (χ0n) is 21.8. The Morgan fingerprint density at radius 3 is 2.11 bits per heavy atom. The van der Waals surface area contributed by atoms with Crippen molar-refractivity contribution in [2.45, 2.75) is 45.6 Å². The number of benzene rings is 1. The molecule has 11 nitrogen and oxygen atoms in total. The summed E-state index contributed by atoms with van der Waals surface area (Å²) >= 11 is 0. The molecule has 0 aromatic heterocycles. The Labute approximate surface area is 215 Å². The summed E-state index contributed by atoms with van der Waals surface area (Å²) < 4.78 is 60.8. The number of anilines is 1. The maximum absolute atomic E-state index is 12.6. The second-order valence-corrected chi connectivity index (χ2v) is 12.7. The van der Waals surface area contributed by atoms with Gasteiger partial charge in [0.05, 0.1) is 38.3 Å². The molecule has 0 saturated carbocycles. The molecular formula is C22H37BN2O9S2. The summed E-state index contributed by atoms with van der Waals surface area (Å²) in [6.07, 6.45) is 2.70. The van der Waals surface area contributed by atoms with E-state index in [4.69, 9.17) is 13.1 Å². The average Bonchev–Trinajstić information content (AvgIpc) is 2.69. The summed E-state index contributed by atoms with van der Waals surface area (Å²) in [7, 11) is -7.19. The fourth-order valence-electron chi connectivity index (χ4n) is 3.43. The minimum atomic E-state index is -3.66. The summed E-state index contributed by atoms with van der Waals surface area (Å²) in [5, 5.41) is 3.02. The number of carbonyl (C=O) groups excluding carboxylic acids is 2. The quantitative estimate of drug-likeness (QED) is 0.102. The minimum Gasteiger partial charge on any atom is -0.460 e. The predicted molar refractivity (Wildman–Crippen MR) is 140 cm³/mol. The maximum atomic E-state index is 12.6. The van der Waals surface area contributed by atoms with E-state index in [9.17, 15) is 26.4 Å². The van der Waals surface area contributed by atoms with E-state index in [1.807, 2.05) is 25.1 Å². The molecule has 1 unspecified atom stereocenters. The Balaban J connectivity index is 3.25. The lowest BCUT2D eigenvalue weighted by atomic mass is 9.88. The van der Waals surface area contributed by atoms with E-state index in [1.54, 1.807) is 25.7 Å². The van der Waals surface area contributed by atoms with E-state index in [0.29, 0.717) is 12.2 Å². The van der Waals surface area contributed by atoms with Crippen LogP contribution >= 0.6 is 0 Å². The van der Waals surface area contributed by atoms with Gasteiger partial charge in [-0.05, 0) is 57.5 Å². The zero-order valence-corrected chi connectivity index (χ0v) is 23.4. The Kier molecular flexibility index (Phi) is 12.5. The Hall–Kier alpha value is -2.00. The van der Waals surface area contributed by atoms with Gasteiger partial charge in [-0.1, -0.05) is 6.07 Å². The van der Waals surface area contributed by atoms with E-state index in [1.165, 1.54) is 0 Å². The predicted octanol–water partition coefficient (Wildman–Crippen LogP) is 0.701. The Morgan fingerprint density at radius 1 is 1.08 bits per heavy atom. The fourth-order valence-corrected chi connectivity index (χ4v) is 4.18. The molecule has 204 valence electrons. The third-order valence-corrected chi connectivity index (χ3v) is 6.03. The highest BCUT2D eigenvalue weighted by Crippen LogP contribution is 2.29. The fraction of sp³-hybridized carbons (Fsp3) is 0.636. The van der Waals surface area contributed by atoms with E-state index < -0.39 is 25.8 Å². The molecule has 0 amide bonds. The van der Waals surface area contributed by atoms with Crippen LogP contribution in [-0.4, -0.2) is 87.4 Å². The number of carbonyl (C=O) groups is 2. The SMILES string of the molecule is Cc1ccc(N(CCOS(C)(=O)=O)CCOS(C)(=O)=O)cc1C(CNBC=O)CC(=O)OC(C)(C)C. The van der Waals surface area contributed by atoms with Gasteiger partial charge < -0.3 is 19.7 Å². The van der Waals surface area contributed by atoms with Crippen molar-refractivity contribution < 1.29 is 39.5 Å². The highest BCUT2D eigenvalue weighted by Gasteiger charge is 2.24. The highest BCUT2D eigenvalue weighted by molar-refractivity contribution is 7.86. The third-order valence-electron chi connectivity index (χ3n) is 4.84. The molecule has 0 aliphatic heterocycles. The lowest BCUT2D eigenvalue weighted by Crippen LogP contribution is -2.33. The number of hydrogen-bond acceptors (Lipinski definition) is 11. The van der Waals surface area contributed by atoms with Gasteiger partial charge in [-0.15, -0.1) is 0 Å². The van der Waals surface area contributed by atoms with E-state index in [-0.39, 0.29) is 52.0 Å². The molecule has 1 rings (SSSR count). The van der Waals surface area contributed by atoms with Crippen LogP contribution in [0.2, 0.25) is 0 Å². The van der Waals surface area contributed by atoms with Crippen LogP contribution < -0.4 is 10.1 Å². The van der Waals surface area contributed by atoms with Crippen LogP contribution in [0, 0.1) is 6.92 Å². The summed E-state index contributed by atoms with van der Waals surface area (Å²) in [6, 6.07) is 5.52. The number of hydrogen-bond donors (Lipinski definition) is 1. The van der Waals surface area contributed by atoms with Gasteiger partial charge in [0.25, 0.3) is 27.7 Å². The second kappa shape index (κ2) is 14.1. The van der Waals surface area contributed by atoms with Gasteiger partial charge >= 0.3 is 5.97 Å². The molecule has 1 aromatic rings. The van der Waals surface area contributed by atoms with E-state index in [0.717, 1.165) is 29.8 Å². The lowest BCUT2D eigenvalue weighted by Gasteiger charge is -2.27. The van der Waals surface area contributed by atoms with Crippen molar-refractivity contribution in [3.63, 3.8) is 0 Å². The van der Waals surface area contributed by atoms with Gasteiger partial charge in [0.1, 0.15) is 5.60 Å². The molecule has 0 heterocycles. The van der Waals surface area contributed by atoms with Crippen molar-refractivity contribution in [1.82, 2.24) is 5.23 Å². The lowest BCUT2D eigenvalue weighted by molar-refractivity contribution is -0.155. The largest absolute Gasteiger partial charge is 0.460 e. The van der Waals surface area contributed by atoms with Crippen LogP contribution in [-0.2, 0) is 42.9 Å². The van der Waals surface area contributed by atoms with Crippen molar-refractivity contribution >= 4 is 45.5 Å². The van der Waals surface area contributed by atoms with Gasteiger partial charge in [0.15, 0.2) is 0 Å². The zero-order chi connectivity index (χ0) is 27.6. The summed E-state index contributed by atoms with van der Waals surface area (Å²) in [4.78, 5) is 25.2. The molecule has 36 heavy (non-hydrogen) atoms. The summed E-state index contributed by atoms with van der Waals surface area (Å²) in [6.45, 7) is 7.57. The van der Waals surface area contributed by atoms with Crippen LogP contribution in [0.4, 0.5) is 5.69 Å². The minimum absolute atomic E-state index is 0.0712. The van der Waals surface area contributed by atoms with Crippen LogP contribution in [0.3, 0.4) is 0 Å². The van der Waals surface area contributed by atoms with Crippen molar-refractivity contribution in [3.8, 4) is 0 Å². The van der Waals surface area contributed by atoms with Gasteiger partial charge in [0.2, 0.25) is 0 Å². The highest BCUT2D eigenvalue weighted by atomic mass is 32.2. The Bertz CT molecular complexity index is 1050. The first-order chi connectivity index (χ1) is 16.5.